The van der Waals surface area contributed by atoms with Crippen LogP contribution in [0.3, 0.4) is 0 Å². The smallest absolute Gasteiger partial charge is 0.0257 e. The minimum atomic E-state index is 0.634. The summed E-state index contributed by atoms with van der Waals surface area (Å²) in [5.41, 5.74) is 0.634. The van der Waals surface area contributed by atoms with Gasteiger partial charge in [-0.15, -0.1) is 11.6 Å². The molecule has 0 aromatic carbocycles. The second-order valence-corrected chi connectivity index (χ2v) is 4.83. The molecule has 1 rings (SSSR count). The van der Waals surface area contributed by atoms with E-state index in [-0.39, 0.29) is 0 Å². The molecule has 1 saturated carbocycles. The molecule has 72 valence electrons. The van der Waals surface area contributed by atoms with E-state index in [0.717, 1.165) is 11.8 Å². The number of hydrogen-bond acceptors (Lipinski definition) is 0. The zero-order valence-electron chi connectivity index (χ0n) is 8.41. The minimum Gasteiger partial charge on any atom is -0.126 e. The molecule has 0 bridgehead atoms. The van der Waals surface area contributed by atoms with Crippen LogP contribution in [0.4, 0.5) is 0 Å². The molecule has 1 aliphatic carbocycles. The number of unbranched alkanes of at least 4 members (excludes halogenated alkanes) is 3. The van der Waals surface area contributed by atoms with Crippen molar-refractivity contribution < 1.29 is 0 Å². The average Bonchev–Trinajstić information content (AvgIpc) is 2.72. The lowest BCUT2D eigenvalue weighted by Gasteiger charge is -2.08. The Morgan fingerprint density at radius 1 is 1.33 bits per heavy atom. The molecule has 0 aliphatic heterocycles. The van der Waals surface area contributed by atoms with Crippen LogP contribution in [0, 0.1) is 11.3 Å². The zero-order valence-corrected chi connectivity index (χ0v) is 9.16. The Bertz CT molecular complexity index is 133. The molecular weight excluding hydrogens is 168 g/mol. The second kappa shape index (κ2) is 4.50. The van der Waals surface area contributed by atoms with Gasteiger partial charge < -0.3 is 0 Å². The van der Waals surface area contributed by atoms with E-state index in [9.17, 15) is 0 Å². The highest BCUT2D eigenvalue weighted by Gasteiger charge is 2.47. The van der Waals surface area contributed by atoms with E-state index < -0.39 is 0 Å². The molecule has 0 heterocycles. The highest BCUT2D eigenvalue weighted by molar-refractivity contribution is 6.18. The number of halogens is 1. The predicted molar refractivity (Wildman–Crippen MR) is 55.7 cm³/mol. The summed E-state index contributed by atoms with van der Waals surface area (Å²) in [5, 5.41) is 0. The van der Waals surface area contributed by atoms with Crippen molar-refractivity contribution in [2.24, 2.45) is 11.3 Å². The monoisotopic (exact) mass is 188 g/mol. The standard InChI is InChI=1S/C11H21Cl/c1-3-4-5-6-7-11(2)8-10(11)9-12/h10H,3-9H2,1-2H3. The van der Waals surface area contributed by atoms with Crippen molar-refractivity contribution >= 4 is 11.6 Å². The van der Waals surface area contributed by atoms with Crippen molar-refractivity contribution in [2.45, 2.75) is 52.4 Å². The summed E-state index contributed by atoms with van der Waals surface area (Å²) in [4.78, 5) is 0. The molecule has 0 spiro atoms. The van der Waals surface area contributed by atoms with Crippen LogP contribution in [-0.2, 0) is 0 Å². The molecule has 0 N–H and O–H groups in total. The summed E-state index contributed by atoms with van der Waals surface area (Å²) >= 11 is 5.82. The highest BCUT2D eigenvalue weighted by Crippen LogP contribution is 2.56. The van der Waals surface area contributed by atoms with Gasteiger partial charge in [0.25, 0.3) is 0 Å². The van der Waals surface area contributed by atoms with Crippen LogP contribution in [0.25, 0.3) is 0 Å². The maximum atomic E-state index is 5.82. The van der Waals surface area contributed by atoms with Crippen LogP contribution >= 0.6 is 11.6 Å². The fourth-order valence-corrected chi connectivity index (χ4v) is 2.49. The number of hydrogen-bond donors (Lipinski definition) is 0. The summed E-state index contributed by atoms with van der Waals surface area (Å²) < 4.78 is 0. The summed E-state index contributed by atoms with van der Waals surface area (Å²) in [6.45, 7) is 4.66. The molecular formula is C11H21Cl. The van der Waals surface area contributed by atoms with Crippen LogP contribution in [0.2, 0.25) is 0 Å². The van der Waals surface area contributed by atoms with E-state index in [0.29, 0.717) is 5.41 Å². The Balaban J connectivity index is 2.01. The third-order valence-electron chi connectivity index (χ3n) is 3.33. The SMILES string of the molecule is CCCCCCC1(C)CC1CCl. The molecule has 12 heavy (non-hydrogen) atoms. The number of rotatable bonds is 6. The zero-order chi connectivity index (χ0) is 9.03. The third kappa shape index (κ3) is 2.65. The van der Waals surface area contributed by atoms with E-state index in [1.54, 1.807) is 0 Å². The first-order valence-corrected chi connectivity index (χ1v) is 5.82. The van der Waals surface area contributed by atoms with Crippen LogP contribution in [0.15, 0.2) is 0 Å². The molecule has 0 aromatic heterocycles. The molecule has 0 aromatic rings. The Kier molecular flexibility index (Phi) is 3.89. The first-order chi connectivity index (χ1) is 5.73. The van der Waals surface area contributed by atoms with E-state index in [4.69, 9.17) is 11.6 Å². The average molecular weight is 189 g/mol. The van der Waals surface area contributed by atoms with E-state index in [1.165, 1.54) is 38.5 Å². The van der Waals surface area contributed by atoms with Crippen LogP contribution in [0.5, 0.6) is 0 Å². The molecule has 0 nitrogen and oxygen atoms in total. The van der Waals surface area contributed by atoms with Gasteiger partial charge in [0.1, 0.15) is 0 Å². The van der Waals surface area contributed by atoms with Gasteiger partial charge in [0.05, 0.1) is 0 Å². The van der Waals surface area contributed by atoms with E-state index >= 15 is 0 Å². The van der Waals surface area contributed by atoms with Gasteiger partial charge in [-0.1, -0.05) is 39.5 Å². The Labute approximate surface area is 81.7 Å². The van der Waals surface area contributed by atoms with Crippen molar-refractivity contribution in [1.29, 1.82) is 0 Å². The van der Waals surface area contributed by atoms with Gasteiger partial charge in [-0.05, 0) is 24.2 Å². The maximum Gasteiger partial charge on any atom is 0.0257 e. The lowest BCUT2D eigenvalue weighted by atomic mass is 9.98. The van der Waals surface area contributed by atoms with Gasteiger partial charge in [0.2, 0.25) is 0 Å². The lowest BCUT2D eigenvalue weighted by Crippen LogP contribution is -1.98. The van der Waals surface area contributed by atoms with E-state index in [1.807, 2.05) is 0 Å². The number of alkyl halides is 1. The lowest BCUT2D eigenvalue weighted by molar-refractivity contribution is 0.443. The van der Waals surface area contributed by atoms with Crippen molar-refractivity contribution in [1.82, 2.24) is 0 Å². The van der Waals surface area contributed by atoms with Crippen LogP contribution in [-0.4, -0.2) is 5.88 Å². The largest absolute Gasteiger partial charge is 0.126 e. The highest BCUT2D eigenvalue weighted by atomic mass is 35.5. The molecule has 1 heteroatoms. The molecule has 2 unspecified atom stereocenters. The van der Waals surface area contributed by atoms with Gasteiger partial charge in [-0.25, -0.2) is 0 Å². The molecule has 0 radical (unpaired) electrons. The normalized spacial score (nSPS) is 33.8. The molecule has 0 saturated heterocycles. The van der Waals surface area contributed by atoms with Crippen molar-refractivity contribution in [3.8, 4) is 0 Å². The Morgan fingerprint density at radius 2 is 2.08 bits per heavy atom. The Hall–Kier alpha value is 0.290. The molecule has 1 aliphatic rings. The summed E-state index contributed by atoms with van der Waals surface area (Å²) in [6, 6.07) is 0. The predicted octanol–water partition coefficient (Wildman–Crippen LogP) is 4.22. The first kappa shape index (κ1) is 10.4. The summed E-state index contributed by atoms with van der Waals surface area (Å²) in [7, 11) is 0. The van der Waals surface area contributed by atoms with Crippen molar-refractivity contribution in [3.05, 3.63) is 0 Å². The fourth-order valence-electron chi connectivity index (χ4n) is 2.01. The fraction of sp³-hybridized carbons (Fsp3) is 1.00. The van der Waals surface area contributed by atoms with Gasteiger partial charge in [0.15, 0.2) is 0 Å². The quantitative estimate of drug-likeness (QED) is 0.433. The molecule has 1 fully saturated rings. The maximum absolute atomic E-state index is 5.82. The third-order valence-corrected chi connectivity index (χ3v) is 3.70. The van der Waals surface area contributed by atoms with Crippen LogP contribution in [0.1, 0.15) is 52.4 Å². The van der Waals surface area contributed by atoms with E-state index in [2.05, 4.69) is 13.8 Å². The minimum absolute atomic E-state index is 0.634. The summed E-state index contributed by atoms with van der Waals surface area (Å²) in [6.07, 6.45) is 8.36. The summed E-state index contributed by atoms with van der Waals surface area (Å²) in [5.74, 6) is 1.71. The second-order valence-electron chi connectivity index (χ2n) is 4.52. The molecule has 2 atom stereocenters. The Morgan fingerprint density at radius 3 is 2.58 bits per heavy atom. The van der Waals surface area contributed by atoms with Gasteiger partial charge in [0, 0.05) is 5.88 Å². The van der Waals surface area contributed by atoms with Gasteiger partial charge in [-0.3, -0.25) is 0 Å². The van der Waals surface area contributed by atoms with Crippen LogP contribution < -0.4 is 0 Å². The van der Waals surface area contributed by atoms with Crippen molar-refractivity contribution in [2.75, 3.05) is 5.88 Å². The topological polar surface area (TPSA) is 0 Å². The molecule has 0 amide bonds. The van der Waals surface area contributed by atoms with Crippen molar-refractivity contribution in [3.63, 3.8) is 0 Å². The van der Waals surface area contributed by atoms with Gasteiger partial charge >= 0.3 is 0 Å². The van der Waals surface area contributed by atoms with Gasteiger partial charge in [-0.2, -0.15) is 0 Å². The first-order valence-electron chi connectivity index (χ1n) is 5.29.